The molecule has 0 radical (unpaired) electrons. The van der Waals surface area contributed by atoms with Crippen molar-refractivity contribution in [2.75, 3.05) is 6.54 Å². The first-order valence-electron chi connectivity index (χ1n) is 3.84. The maximum Gasteiger partial charge on any atom is 0.308 e. The molecule has 2 fully saturated rings. The molecule has 3 N–H and O–H groups in total. The van der Waals surface area contributed by atoms with Gasteiger partial charge in [-0.05, 0) is 18.9 Å². The van der Waals surface area contributed by atoms with Crippen molar-refractivity contribution in [2.24, 2.45) is 11.8 Å². The molecular formula is C7H11NO3. The van der Waals surface area contributed by atoms with Crippen molar-refractivity contribution in [3.8, 4) is 0 Å². The number of rotatable bonds is 1. The molecule has 0 aromatic carbocycles. The van der Waals surface area contributed by atoms with Crippen molar-refractivity contribution in [1.82, 2.24) is 5.32 Å². The van der Waals surface area contributed by atoms with Crippen LogP contribution in [0.1, 0.15) is 6.42 Å². The second-order valence-electron chi connectivity index (χ2n) is 3.36. The Hall–Kier alpha value is -0.610. The highest BCUT2D eigenvalue weighted by Crippen LogP contribution is 2.37. The lowest BCUT2D eigenvalue weighted by atomic mass is 9.99. The summed E-state index contributed by atoms with van der Waals surface area (Å²) in [5, 5.41) is 21.1. The molecule has 2 rings (SSSR count). The molecule has 0 unspecified atom stereocenters. The third kappa shape index (κ3) is 0.862. The van der Waals surface area contributed by atoms with Crippen molar-refractivity contribution in [1.29, 1.82) is 0 Å². The van der Waals surface area contributed by atoms with Gasteiger partial charge in [-0.15, -0.1) is 0 Å². The zero-order chi connectivity index (χ0) is 8.01. The number of aliphatic carboxylic acids is 1. The summed E-state index contributed by atoms with van der Waals surface area (Å²) >= 11 is 0. The first-order chi connectivity index (χ1) is 5.20. The van der Waals surface area contributed by atoms with Crippen LogP contribution in [0.5, 0.6) is 0 Å². The molecule has 0 spiro atoms. The van der Waals surface area contributed by atoms with Gasteiger partial charge in [-0.1, -0.05) is 0 Å². The van der Waals surface area contributed by atoms with Crippen molar-refractivity contribution >= 4 is 5.97 Å². The summed E-state index contributed by atoms with van der Waals surface area (Å²) in [6.07, 6.45) is 0.198. The molecule has 11 heavy (non-hydrogen) atoms. The van der Waals surface area contributed by atoms with Crippen LogP contribution >= 0.6 is 0 Å². The second-order valence-corrected chi connectivity index (χ2v) is 3.36. The smallest absolute Gasteiger partial charge is 0.308 e. The molecule has 0 aromatic rings. The van der Waals surface area contributed by atoms with Crippen LogP contribution in [0.2, 0.25) is 0 Å². The molecule has 62 valence electrons. The second kappa shape index (κ2) is 2.19. The lowest BCUT2D eigenvalue weighted by Crippen LogP contribution is -2.39. The van der Waals surface area contributed by atoms with E-state index in [-0.39, 0.29) is 17.9 Å². The van der Waals surface area contributed by atoms with Crippen LogP contribution < -0.4 is 5.32 Å². The van der Waals surface area contributed by atoms with Crippen LogP contribution in [-0.2, 0) is 4.79 Å². The molecule has 1 saturated heterocycles. The predicted octanol–water partition coefficient (Wildman–Crippen LogP) is -0.960. The quantitative estimate of drug-likeness (QED) is 0.458. The van der Waals surface area contributed by atoms with Crippen LogP contribution in [-0.4, -0.2) is 34.9 Å². The van der Waals surface area contributed by atoms with Gasteiger partial charge in [0.1, 0.15) is 0 Å². The lowest BCUT2D eigenvalue weighted by molar-refractivity contribution is -0.142. The molecule has 4 heteroatoms. The predicted molar refractivity (Wildman–Crippen MR) is 37.0 cm³/mol. The number of fused-ring (bicyclic) bond motifs is 2. The first kappa shape index (κ1) is 7.06. The van der Waals surface area contributed by atoms with Crippen LogP contribution in [0.4, 0.5) is 0 Å². The molecule has 2 bridgehead atoms. The maximum atomic E-state index is 10.7. The Morgan fingerprint density at radius 1 is 1.55 bits per heavy atom. The number of carboxylic acids is 1. The van der Waals surface area contributed by atoms with E-state index in [0.29, 0.717) is 6.42 Å². The zero-order valence-corrected chi connectivity index (χ0v) is 6.03. The average molecular weight is 157 g/mol. The topological polar surface area (TPSA) is 69.6 Å². The van der Waals surface area contributed by atoms with Crippen molar-refractivity contribution < 1.29 is 15.0 Å². The summed E-state index contributed by atoms with van der Waals surface area (Å²) in [5.74, 6) is -0.987. The minimum absolute atomic E-state index is 0.146. The van der Waals surface area contributed by atoms with E-state index in [1.54, 1.807) is 0 Å². The molecule has 0 aromatic heterocycles. The lowest BCUT2D eigenvalue weighted by Gasteiger charge is -2.16. The van der Waals surface area contributed by atoms with Gasteiger partial charge < -0.3 is 15.5 Å². The van der Waals surface area contributed by atoms with Crippen molar-refractivity contribution in [3.63, 3.8) is 0 Å². The highest BCUT2D eigenvalue weighted by molar-refractivity contribution is 5.72. The molecule has 1 aliphatic carbocycles. The van der Waals surface area contributed by atoms with Gasteiger partial charge in [-0.25, -0.2) is 0 Å². The van der Waals surface area contributed by atoms with E-state index >= 15 is 0 Å². The minimum atomic E-state index is -0.776. The molecule has 1 saturated carbocycles. The largest absolute Gasteiger partial charge is 0.481 e. The fourth-order valence-corrected chi connectivity index (χ4v) is 2.25. The molecular weight excluding hydrogens is 146 g/mol. The Balaban J connectivity index is 2.19. The van der Waals surface area contributed by atoms with E-state index in [9.17, 15) is 9.90 Å². The third-order valence-corrected chi connectivity index (χ3v) is 2.75. The third-order valence-electron chi connectivity index (χ3n) is 2.75. The van der Waals surface area contributed by atoms with Crippen LogP contribution in [0.3, 0.4) is 0 Å². The van der Waals surface area contributed by atoms with Crippen LogP contribution in [0.15, 0.2) is 0 Å². The van der Waals surface area contributed by atoms with Gasteiger partial charge in [0.05, 0.1) is 12.0 Å². The van der Waals surface area contributed by atoms with Gasteiger partial charge in [-0.2, -0.15) is 0 Å². The Morgan fingerprint density at radius 2 is 2.27 bits per heavy atom. The highest BCUT2D eigenvalue weighted by Gasteiger charge is 2.51. The van der Waals surface area contributed by atoms with E-state index in [1.807, 2.05) is 0 Å². The number of hydrogen-bond acceptors (Lipinski definition) is 3. The van der Waals surface area contributed by atoms with E-state index in [4.69, 9.17) is 5.11 Å². The van der Waals surface area contributed by atoms with Gasteiger partial charge in [0.25, 0.3) is 0 Å². The molecule has 2 aliphatic rings. The average Bonchev–Trinajstić information content (AvgIpc) is 2.41. The standard InChI is InChI=1S/C7H11NO3/c9-4-1-3-2-8-6(4)5(3)7(10)11/h3-6,8-9H,1-2H2,(H,10,11)/t3-,4+,5-,6-/m0/s1. The van der Waals surface area contributed by atoms with E-state index in [2.05, 4.69) is 5.32 Å². The fourth-order valence-electron chi connectivity index (χ4n) is 2.25. The Labute approximate surface area is 64.2 Å². The Kier molecular flexibility index (Phi) is 1.40. The van der Waals surface area contributed by atoms with Crippen LogP contribution in [0, 0.1) is 11.8 Å². The number of piperidine rings is 1. The molecule has 4 nitrogen and oxygen atoms in total. The van der Waals surface area contributed by atoms with E-state index in [0.717, 1.165) is 6.54 Å². The summed E-state index contributed by atoms with van der Waals surface area (Å²) in [7, 11) is 0. The normalized spacial score (nSPS) is 48.1. The summed E-state index contributed by atoms with van der Waals surface area (Å²) in [5.41, 5.74) is 0. The van der Waals surface area contributed by atoms with Gasteiger partial charge in [0.2, 0.25) is 0 Å². The molecule has 4 atom stereocenters. The number of hydrogen-bond donors (Lipinski definition) is 3. The minimum Gasteiger partial charge on any atom is -0.481 e. The summed E-state index contributed by atoms with van der Waals surface area (Å²) in [6, 6.07) is -0.197. The molecule has 0 amide bonds. The van der Waals surface area contributed by atoms with Crippen LogP contribution in [0.25, 0.3) is 0 Å². The summed E-state index contributed by atoms with van der Waals surface area (Å²) < 4.78 is 0. The van der Waals surface area contributed by atoms with Gasteiger partial charge in [-0.3, -0.25) is 4.79 Å². The first-order valence-corrected chi connectivity index (χ1v) is 3.84. The zero-order valence-electron chi connectivity index (χ0n) is 6.03. The number of carbonyl (C=O) groups is 1. The summed E-state index contributed by atoms with van der Waals surface area (Å²) in [4.78, 5) is 10.7. The van der Waals surface area contributed by atoms with Gasteiger partial charge in [0.15, 0.2) is 0 Å². The fraction of sp³-hybridized carbons (Fsp3) is 0.857. The number of nitrogens with one attached hydrogen (secondary N) is 1. The number of aliphatic hydroxyl groups is 1. The highest BCUT2D eigenvalue weighted by atomic mass is 16.4. The Morgan fingerprint density at radius 3 is 2.55 bits per heavy atom. The maximum absolute atomic E-state index is 10.7. The van der Waals surface area contributed by atoms with Crippen molar-refractivity contribution in [3.05, 3.63) is 0 Å². The number of carboxylic acid groups (broad SMARTS) is 1. The molecule has 1 aliphatic heterocycles. The van der Waals surface area contributed by atoms with Crippen molar-refractivity contribution in [2.45, 2.75) is 18.6 Å². The Bertz CT molecular complexity index is 194. The number of aliphatic hydroxyl groups excluding tert-OH is 1. The molecule has 1 heterocycles. The van der Waals surface area contributed by atoms with Gasteiger partial charge in [0, 0.05) is 6.04 Å². The van der Waals surface area contributed by atoms with Gasteiger partial charge >= 0.3 is 5.97 Å². The monoisotopic (exact) mass is 157 g/mol. The SMILES string of the molecule is O=C(O)[C@H]1[C@@H]2CN[C@H]1[C@H](O)C2. The summed E-state index contributed by atoms with van der Waals surface area (Å²) in [6.45, 7) is 0.749. The van der Waals surface area contributed by atoms with E-state index in [1.165, 1.54) is 0 Å². The van der Waals surface area contributed by atoms with E-state index < -0.39 is 12.1 Å².